The Morgan fingerprint density at radius 3 is 2.44 bits per heavy atom. The van der Waals surface area contributed by atoms with Crippen molar-refractivity contribution in [3.05, 3.63) is 99.4 Å². The summed E-state index contributed by atoms with van der Waals surface area (Å²) in [5, 5.41) is 11.5. The Morgan fingerprint density at radius 2 is 1.75 bits per heavy atom. The minimum atomic E-state index is -0.567. The first-order valence-electron chi connectivity index (χ1n) is 9.69. The highest BCUT2D eigenvalue weighted by Crippen LogP contribution is 2.30. The lowest BCUT2D eigenvalue weighted by atomic mass is 10.0. The lowest BCUT2D eigenvalue weighted by molar-refractivity contribution is -0.384. The Labute approximate surface area is 182 Å². The molecule has 8 heteroatoms. The molecule has 0 saturated carbocycles. The summed E-state index contributed by atoms with van der Waals surface area (Å²) in [5.41, 5.74) is 1.65. The van der Waals surface area contributed by atoms with Gasteiger partial charge in [-0.25, -0.2) is 4.79 Å². The van der Waals surface area contributed by atoms with Crippen LogP contribution in [0, 0.1) is 10.1 Å². The van der Waals surface area contributed by atoms with Crippen LogP contribution in [0.3, 0.4) is 0 Å². The molecule has 3 aromatic carbocycles. The molecule has 1 amide bonds. The van der Waals surface area contributed by atoms with E-state index >= 15 is 0 Å². The molecule has 0 aliphatic rings. The summed E-state index contributed by atoms with van der Waals surface area (Å²) >= 11 is 0. The molecule has 1 aromatic heterocycles. The van der Waals surface area contributed by atoms with Crippen molar-refractivity contribution in [3.63, 3.8) is 0 Å². The maximum absolute atomic E-state index is 12.4. The Kier molecular flexibility index (Phi) is 5.67. The summed E-state index contributed by atoms with van der Waals surface area (Å²) in [6, 6.07) is 21.4. The van der Waals surface area contributed by atoms with Crippen LogP contribution in [0.5, 0.6) is 5.75 Å². The number of nitro groups is 1. The Hall–Kier alpha value is -4.46. The fourth-order valence-corrected chi connectivity index (χ4v) is 3.27. The fourth-order valence-electron chi connectivity index (χ4n) is 3.27. The molecule has 0 atom stereocenters. The van der Waals surface area contributed by atoms with Gasteiger partial charge in [0.15, 0.2) is 6.61 Å². The molecule has 0 radical (unpaired) electrons. The van der Waals surface area contributed by atoms with Gasteiger partial charge in [-0.15, -0.1) is 0 Å². The number of hydrogen-bond donors (Lipinski definition) is 0. The Balaban J connectivity index is 1.57. The maximum Gasteiger partial charge on any atom is 0.336 e. The number of nitrogens with zero attached hydrogens (tertiary/aromatic N) is 2. The number of carbonyl (C=O) groups excluding carboxylic acids is 1. The van der Waals surface area contributed by atoms with Crippen molar-refractivity contribution >= 4 is 28.3 Å². The average Bonchev–Trinajstić information content (AvgIpc) is 2.81. The van der Waals surface area contributed by atoms with Crippen LogP contribution in [0.2, 0.25) is 0 Å². The van der Waals surface area contributed by atoms with Crippen molar-refractivity contribution in [3.8, 4) is 16.9 Å². The molecule has 160 valence electrons. The van der Waals surface area contributed by atoms with Crippen LogP contribution >= 0.6 is 0 Å². The summed E-state index contributed by atoms with van der Waals surface area (Å²) in [4.78, 5) is 36.4. The van der Waals surface area contributed by atoms with Gasteiger partial charge in [0.05, 0.1) is 4.92 Å². The number of ether oxygens (including phenoxy) is 1. The van der Waals surface area contributed by atoms with Crippen molar-refractivity contribution in [1.29, 1.82) is 0 Å². The number of benzene rings is 3. The van der Waals surface area contributed by atoms with E-state index in [1.807, 2.05) is 30.3 Å². The highest BCUT2D eigenvalue weighted by molar-refractivity contribution is 5.95. The fraction of sp³-hybridized carbons (Fsp3) is 0.0833. The normalized spacial score (nSPS) is 10.7. The number of likely N-dealkylation sites (N-methyl/N-ethyl adjacent to an activating group) is 1. The summed E-state index contributed by atoms with van der Waals surface area (Å²) in [7, 11) is 1.66. The largest absolute Gasteiger partial charge is 0.484 e. The summed E-state index contributed by atoms with van der Waals surface area (Å²) in [6.07, 6.45) is 0. The number of hydrogen-bond acceptors (Lipinski definition) is 6. The number of nitro benzene ring substituents is 1. The van der Waals surface area contributed by atoms with E-state index < -0.39 is 10.5 Å². The second kappa shape index (κ2) is 8.73. The maximum atomic E-state index is 12.4. The quantitative estimate of drug-likeness (QED) is 0.255. The molecule has 0 saturated heterocycles. The highest BCUT2D eigenvalue weighted by Gasteiger charge is 2.14. The topological polar surface area (TPSA) is 103 Å². The second-order valence-electron chi connectivity index (χ2n) is 7.02. The monoisotopic (exact) mass is 430 g/mol. The van der Waals surface area contributed by atoms with E-state index in [0.717, 1.165) is 5.69 Å². The van der Waals surface area contributed by atoms with E-state index in [4.69, 9.17) is 9.15 Å². The smallest absolute Gasteiger partial charge is 0.336 e. The molecule has 1 heterocycles. The van der Waals surface area contributed by atoms with Gasteiger partial charge in [0.1, 0.15) is 11.3 Å². The molecule has 0 aliphatic carbocycles. The Bertz CT molecular complexity index is 1350. The van der Waals surface area contributed by atoms with Crippen molar-refractivity contribution in [2.24, 2.45) is 0 Å². The molecule has 32 heavy (non-hydrogen) atoms. The van der Waals surface area contributed by atoms with E-state index in [2.05, 4.69) is 0 Å². The minimum absolute atomic E-state index is 0.0400. The molecule has 0 unspecified atom stereocenters. The van der Waals surface area contributed by atoms with Gasteiger partial charge in [-0.05, 0) is 47.5 Å². The average molecular weight is 430 g/mol. The molecular weight excluding hydrogens is 412 g/mol. The van der Waals surface area contributed by atoms with E-state index in [9.17, 15) is 19.7 Å². The van der Waals surface area contributed by atoms with E-state index in [1.165, 1.54) is 23.1 Å². The van der Waals surface area contributed by atoms with Crippen molar-refractivity contribution < 1.29 is 18.9 Å². The molecule has 4 aromatic rings. The zero-order chi connectivity index (χ0) is 22.7. The molecule has 8 nitrogen and oxygen atoms in total. The second-order valence-corrected chi connectivity index (χ2v) is 7.02. The van der Waals surface area contributed by atoms with Gasteiger partial charge in [0.25, 0.3) is 11.6 Å². The lowest BCUT2D eigenvalue weighted by Gasteiger charge is -2.17. The molecule has 0 spiro atoms. The van der Waals surface area contributed by atoms with Crippen molar-refractivity contribution in [2.45, 2.75) is 0 Å². The number of rotatable bonds is 6. The number of carbonyl (C=O) groups is 1. The van der Waals surface area contributed by atoms with Gasteiger partial charge in [0.2, 0.25) is 0 Å². The molecular formula is C24H18N2O6. The summed E-state index contributed by atoms with van der Waals surface area (Å²) in [6.45, 7) is -0.191. The number of amides is 1. The first-order chi connectivity index (χ1) is 15.4. The first kappa shape index (κ1) is 20.8. The third-order valence-electron chi connectivity index (χ3n) is 4.99. The van der Waals surface area contributed by atoms with E-state index in [0.29, 0.717) is 22.3 Å². The van der Waals surface area contributed by atoms with Crippen LogP contribution in [0.15, 0.2) is 88.1 Å². The molecule has 4 rings (SSSR count). The number of para-hydroxylation sites is 1. The van der Waals surface area contributed by atoms with Crippen LogP contribution in [-0.4, -0.2) is 24.5 Å². The molecule has 0 fully saturated rings. The van der Waals surface area contributed by atoms with Crippen LogP contribution in [0.4, 0.5) is 11.4 Å². The van der Waals surface area contributed by atoms with E-state index in [-0.39, 0.29) is 23.8 Å². The molecule has 0 aliphatic heterocycles. The number of anilines is 1. The SMILES string of the molecule is CN(C(=O)COc1ccc2c(-c3ccc([N+](=O)[O-])cc3)cc(=O)oc2c1)c1ccccc1. The summed E-state index contributed by atoms with van der Waals surface area (Å²) in [5.74, 6) is 0.133. The van der Waals surface area contributed by atoms with Crippen LogP contribution in [0.1, 0.15) is 0 Å². The number of fused-ring (bicyclic) bond motifs is 1. The molecule has 0 N–H and O–H groups in total. The minimum Gasteiger partial charge on any atom is -0.484 e. The zero-order valence-electron chi connectivity index (χ0n) is 17.1. The zero-order valence-corrected chi connectivity index (χ0v) is 17.1. The number of non-ortho nitro benzene ring substituents is 1. The predicted octanol–water partition coefficient (Wildman–Crippen LogP) is 4.41. The third kappa shape index (κ3) is 4.34. The highest BCUT2D eigenvalue weighted by atomic mass is 16.6. The first-order valence-corrected chi connectivity index (χ1v) is 9.69. The molecule has 0 bridgehead atoms. The van der Waals surface area contributed by atoms with Gasteiger partial charge in [-0.1, -0.05) is 18.2 Å². The standard InChI is InChI=1S/C24H18N2O6/c1-25(17-5-3-2-4-6-17)23(27)15-31-19-11-12-20-21(14-24(28)32-22(20)13-19)16-7-9-18(10-8-16)26(29)30/h2-14H,15H2,1H3. The van der Waals surface area contributed by atoms with Crippen LogP contribution in [-0.2, 0) is 4.79 Å². The predicted molar refractivity (Wildman–Crippen MR) is 120 cm³/mol. The van der Waals surface area contributed by atoms with Crippen molar-refractivity contribution in [1.82, 2.24) is 0 Å². The van der Waals surface area contributed by atoms with Crippen molar-refractivity contribution in [2.75, 3.05) is 18.6 Å². The van der Waals surface area contributed by atoms with E-state index in [1.54, 1.807) is 37.4 Å². The van der Waals surface area contributed by atoms with Gasteiger partial charge < -0.3 is 14.1 Å². The van der Waals surface area contributed by atoms with Crippen LogP contribution in [0.25, 0.3) is 22.1 Å². The van der Waals surface area contributed by atoms with Gasteiger partial charge in [-0.3, -0.25) is 14.9 Å². The van der Waals surface area contributed by atoms with Crippen LogP contribution < -0.4 is 15.3 Å². The Morgan fingerprint density at radius 1 is 1.03 bits per heavy atom. The van der Waals surface area contributed by atoms with Gasteiger partial charge in [0, 0.05) is 42.4 Å². The third-order valence-corrected chi connectivity index (χ3v) is 4.99. The lowest BCUT2D eigenvalue weighted by Crippen LogP contribution is -2.31. The van der Waals surface area contributed by atoms with Gasteiger partial charge in [-0.2, -0.15) is 0 Å². The summed E-state index contributed by atoms with van der Waals surface area (Å²) < 4.78 is 10.9. The van der Waals surface area contributed by atoms with Gasteiger partial charge >= 0.3 is 5.63 Å².